The van der Waals surface area contributed by atoms with E-state index in [0.717, 1.165) is 5.56 Å². The van der Waals surface area contributed by atoms with E-state index in [-0.39, 0.29) is 24.6 Å². The molecule has 0 aliphatic heterocycles. The van der Waals surface area contributed by atoms with Crippen LogP contribution in [0.5, 0.6) is 0 Å². The molecule has 0 bridgehead atoms. The Morgan fingerprint density at radius 2 is 1.70 bits per heavy atom. The quantitative estimate of drug-likeness (QED) is 0.720. The van der Waals surface area contributed by atoms with Gasteiger partial charge in [-0.05, 0) is 17.7 Å². The molecular formula is C13H17N3O4. The lowest BCUT2D eigenvalue weighted by Crippen LogP contribution is -2.41. The van der Waals surface area contributed by atoms with E-state index in [1.54, 1.807) is 26.2 Å². The number of carbonyl (C=O) groups is 3. The second kappa shape index (κ2) is 7.13. The molecule has 0 fully saturated rings. The van der Waals surface area contributed by atoms with Crippen LogP contribution in [0.4, 0.5) is 4.79 Å². The highest BCUT2D eigenvalue weighted by molar-refractivity contribution is 5.87. The number of hydrogen-bond acceptors (Lipinski definition) is 3. The molecule has 0 aliphatic carbocycles. The number of carboxylic acids is 1. The van der Waals surface area contributed by atoms with E-state index in [4.69, 9.17) is 5.11 Å². The first-order valence-corrected chi connectivity index (χ1v) is 5.94. The first kappa shape index (κ1) is 15.5. The monoisotopic (exact) mass is 279 g/mol. The van der Waals surface area contributed by atoms with Gasteiger partial charge in [-0.15, -0.1) is 0 Å². The van der Waals surface area contributed by atoms with Crippen molar-refractivity contribution in [3.8, 4) is 0 Å². The van der Waals surface area contributed by atoms with Crippen LogP contribution < -0.4 is 10.6 Å². The Kier molecular flexibility index (Phi) is 5.52. The number of amides is 3. The van der Waals surface area contributed by atoms with Gasteiger partial charge in [-0.2, -0.15) is 0 Å². The highest BCUT2D eigenvalue weighted by Gasteiger charge is 2.07. The number of nitrogens with one attached hydrogen (secondary N) is 2. The number of carboxylic acid groups (broad SMARTS) is 1. The van der Waals surface area contributed by atoms with Gasteiger partial charge in [0.15, 0.2) is 0 Å². The van der Waals surface area contributed by atoms with Gasteiger partial charge in [0.2, 0.25) is 5.91 Å². The van der Waals surface area contributed by atoms with Crippen molar-refractivity contribution < 1.29 is 19.5 Å². The molecule has 108 valence electrons. The fourth-order valence-electron chi connectivity index (χ4n) is 1.32. The lowest BCUT2D eigenvalue weighted by molar-refractivity contribution is -0.127. The molecule has 1 rings (SSSR count). The molecule has 3 N–H and O–H groups in total. The van der Waals surface area contributed by atoms with E-state index in [2.05, 4.69) is 10.6 Å². The molecule has 0 heterocycles. The van der Waals surface area contributed by atoms with Crippen LogP contribution in [0.2, 0.25) is 0 Å². The summed E-state index contributed by atoms with van der Waals surface area (Å²) in [5, 5.41) is 13.7. The number of carbonyl (C=O) groups excluding carboxylic acids is 2. The number of urea groups is 1. The van der Waals surface area contributed by atoms with Gasteiger partial charge in [0.25, 0.3) is 0 Å². The molecule has 1 aromatic rings. The summed E-state index contributed by atoms with van der Waals surface area (Å²) in [5.41, 5.74) is 0.957. The molecule has 20 heavy (non-hydrogen) atoms. The van der Waals surface area contributed by atoms with E-state index < -0.39 is 12.0 Å². The van der Waals surface area contributed by atoms with Crippen molar-refractivity contribution in [1.82, 2.24) is 15.5 Å². The molecule has 3 amide bonds. The topological polar surface area (TPSA) is 98.7 Å². The summed E-state index contributed by atoms with van der Waals surface area (Å²) in [6.45, 7) is 0.179. The van der Waals surface area contributed by atoms with Crippen LogP contribution >= 0.6 is 0 Å². The highest BCUT2D eigenvalue weighted by atomic mass is 16.4. The van der Waals surface area contributed by atoms with Crippen LogP contribution in [0.15, 0.2) is 24.3 Å². The minimum Gasteiger partial charge on any atom is -0.478 e. The maximum atomic E-state index is 11.4. The Morgan fingerprint density at radius 1 is 1.10 bits per heavy atom. The molecule has 0 spiro atoms. The van der Waals surface area contributed by atoms with Crippen molar-refractivity contribution in [3.63, 3.8) is 0 Å². The summed E-state index contributed by atoms with van der Waals surface area (Å²) in [5.74, 6) is -1.20. The zero-order valence-corrected chi connectivity index (χ0v) is 11.3. The second-order valence-electron chi connectivity index (χ2n) is 4.33. The third-order valence-electron chi connectivity index (χ3n) is 2.55. The average Bonchev–Trinajstić information content (AvgIpc) is 2.42. The van der Waals surface area contributed by atoms with Gasteiger partial charge in [0, 0.05) is 20.6 Å². The molecule has 0 radical (unpaired) electrons. The van der Waals surface area contributed by atoms with Crippen molar-refractivity contribution in [2.75, 3.05) is 20.6 Å². The molecule has 0 saturated heterocycles. The normalized spacial score (nSPS) is 9.70. The molecule has 0 aromatic heterocycles. The fourth-order valence-corrected chi connectivity index (χ4v) is 1.32. The molecule has 0 atom stereocenters. The molecule has 0 unspecified atom stereocenters. The summed E-state index contributed by atoms with van der Waals surface area (Å²) < 4.78 is 0. The van der Waals surface area contributed by atoms with E-state index in [9.17, 15) is 14.4 Å². The first-order chi connectivity index (χ1) is 9.40. The predicted octanol–water partition coefficient (Wildman–Crippen LogP) is 0.272. The highest BCUT2D eigenvalue weighted by Crippen LogP contribution is 2.03. The lowest BCUT2D eigenvalue weighted by Gasteiger charge is -2.11. The molecule has 7 nitrogen and oxygen atoms in total. The van der Waals surface area contributed by atoms with Gasteiger partial charge < -0.3 is 20.6 Å². The van der Waals surface area contributed by atoms with Crippen molar-refractivity contribution in [2.45, 2.75) is 6.54 Å². The van der Waals surface area contributed by atoms with Gasteiger partial charge in [-0.25, -0.2) is 9.59 Å². The minimum atomic E-state index is -0.996. The van der Waals surface area contributed by atoms with E-state index >= 15 is 0 Å². The maximum absolute atomic E-state index is 11.4. The summed E-state index contributed by atoms with van der Waals surface area (Å²) in [7, 11) is 3.21. The van der Waals surface area contributed by atoms with Gasteiger partial charge in [-0.3, -0.25) is 4.79 Å². The summed E-state index contributed by atoms with van der Waals surface area (Å²) in [6, 6.07) is 5.71. The third kappa shape index (κ3) is 4.97. The van der Waals surface area contributed by atoms with Crippen LogP contribution in [0.3, 0.4) is 0 Å². The zero-order valence-electron chi connectivity index (χ0n) is 11.3. The van der Waals surface area contributed by atoms with Crippen molar-refractivity contribution in [3.05, 3.63) is 35.4 Å². The van der Waals surface area contributed by atoms with Crippen molar-refractivity contribution >= 4 is 17.9 Å². The van der Waals surface area contributed by atoms with Crippen LogP contribution in [0.1, 0.15) is 15.9 Å². The SMILES string of the molecule is CN(C)C(=O)CNC(=O)NCc1ccc(C(=O)O)cc1. The molecular weight excluding hydrogens is 262 g/mol. The number of nitrogens with zero attached hydrogens (tertiary/aromatic N) is 1. The van der Waals surface area contributed by atoms with Gasteiger partial charge >= 0.3 is 12.0 Å². The van der Waals surface area contributed by atoms with Crippen LogP contribution in [-0.4, -0.2) is 48.6 Å². The smallest absolute Gasteiger partial charge is 0.335 e. The van der Waals surface area contributed by atoms with Crippen LogP contribution in [-0.2, 0) is 11.3 Å². The van der Waals surface area contributed by atoms with Gasteiger partial charge in [0.1, 0.15) is 0 Å². The standard InChI is InChI=1S/C13H17N3O4/c1-16(2)11(17)8-15-13(20)14-7-9-3-5-10(6-4-9)12(18)19/h3-6H,7-8H2,1-2H3,(H,18,19)(H2,14,15,20). The third-order valence-corrected chi connectivity index (χ3v) is 2.55. The van der Waals surface area contributed by atoms with Crippen LogP contribution in [0.25, 0.3) is 0 Å². The van der Waals surface area contributed by atoms with E-state index in [1.165, 1.54) is 17.0 Å². The first-order valence-electron chi connectivity index (χ1n) is 5.94. The van der Waals surface area contributed by atoms with E-state index in [0.29, 0.717) is 0 Å². The Bertz CT molecular complexity index is 497. The summed E-state index contributed by atoms with van der Waals surface area (Å²) in [6.07, 6.45) is 0. The Labute approximate surface area is 116 Å². The summed E-state index contributed by atoms with van der Waals surface area (Å²) >= 11 is 0. The van der Waals surface area contributed by atoms with Crippen molar-refractivity contribution in [1.29, 1.82) is 0 Å². The van der Waals surface area contributed by atoms with Gasteiger partial charge in [0.05, 0.1) is 12.1 Å². The minimum absolute atomic E-state index is 0.0726. The molecule has 0 aliphatic rings. The Balaban J connectivity index is 2.37. The zero-order chi connectivity index (χ0) is 15.1. The number of likely N-dealkylation sites (N-methyl/N-ethyl adjacent to an activating group) is 1. The predicted molar refractivity (Wildman–Crippen MR) is 72.3 cm³/mol. The molecule has 1 aromatic carbocycles. The number of rotatable bonds is 5. The fraction of sp³-hybridized carbons (Fsp3) is 0.308. The summed E-state index contributed by atoms with van der Waals surface area (Å²) in [4.78, 5) is 34.7. The largest absolute Gasteiger partial charge is 0.478 e. The molecule has 0 saturated carbocycles. The number of aromatic carboxylic acids is 1. The molecule has 7 heteroatoms. The average molecular weight is 279 g/mol. The number of hydrogen-bond donors (Lipinski definition) is 3. The lowest BCUT2D eigenvalue weighted by atomic mass is 10.1. The maximum Gasteiger partial charge on any atom is 0.335 e. The van der Waals surface area contributed by atoms with Crippen LogP contribution in [0, 0.1) is 0 Å². The number of benzene rings is 1. The second-order valence-corrected chi connectivity index (χ2v) is 4.33. The van der Waals surface area contributed by atoms with Gasteiger partial charge in [-0.1, -0.05) is 12.1 Å². The Hall–Kier alpha value is -2.57. The van der Waals surface area contributed by atoms with Crippen molar-refractivity contribution in [2.24, 2.45) is 0 Å². The Morgan fingerprint density at radius 3 is 2.20 bits per heavy atom. The van der Waals surface area contributed by atoms with E-state index in [1.807, 2.05) is 0 Å².